The third-order valence-electron chi connectivity index (χ3n) is 9.06. The highest BCUT2D eigenvalue weighted by molar-refractivity contribution is 9.10. The number of aliphatic carboxylic acids is 1. The van der Waals surface area contributed by atoms with Gasteiger partial charge in [-0.3, -0.25) is 14.4 Å². The Hall–Kier alpha value is -4.85. The molecule has 51 heavy (non-hydrogen) atoms. The molecule has 0 bridgehead atoms. The molecule has 266 valence electrons. The monoisotopic (exact) mass is 775 g/mol. The highest BCUT2D eigenvalue weighted by Crippen LogP contribution is 2.31. The normalized spacial score (nSPS) is 16.0. The zero-order valence-electron chi connectivity index (χ0n) is 27.8. The first-order valence-electron chi connectivity index (χ1n) is 16.5. The second-order valence-corrected chi connectivity index (χ2v) is 15.2. The summed E-state index contributed by atoms with van der Waals surface area (Å²) in [6.07, 6.45) is 3.11. The number of aromatic carboxylic acids is 1. The van der Waals surface area contributed by atoms with Crippen molar-refractivity contribution in [1.29, 1.82) is 0 Å². The van der Waals surface area contributed by atoms with E-state index < -0.39 is 39.7 Å². The maximum Gasteiger partial charge on any atom is 0.335 e. The summed E-state index contributed by atoms with van der Waals surface area (Å²) in [4.78, 5) is 49.3. The van der Waals surface area contributed by atoms with Gasteiger partial charge in [0.2, 0.25) is 10.0 Å². The second kappa shape index (κ2) is 16.4. The van der Waals surface area contributed by atoms with Crippen LogP contribution in [0.15, 0.2) is 100 Å². The summed E-state index contributed by atoms with van der Waals surface area (Å²) >= 11 is 3.39. The van der Waals surface area contributed by atoms with Crippen molar-refractivity contribution in [3.63, 3.8) is 0 Å². The molecule has 0 aromatic heterocycles. The molecule has 4 aromatic carbocycles. The molecule has 13 heteroatoms. The molecular weight excluding hydrogens is 738 g/mol. The van der Waals surface area contributed by atoms with E-state index in [0.29, 0.717) is 35.8 Å². The van der Waals surface area contributed by atoms with E-state index in [2.05, 4.69) is 26.6 Å². The van der Waals surface area contributed by atoms with Crippen LogP contribution < -0.4 is 10.6 Å². The number of nitrogens with zero attached hydrogens (tertiary/aromatic N) is 1. The third-order valence-corrected chi connectivity index (χ3v) is 11.6. The fourth-order valence-corrected chi connectivity index (χ4v) is 8.34. The largest absolute Gasteiger partial charge is 0.481 e. The Morgan fingerprint density at radius 1 is 0.765 bits per heavy atom. The zero-order chi connectivity index (χ0) is 36.7. The minimum absolute atomic E-state index is 0.0518. The maximum atomic E-state index is 13.7. The van der Waals surface area contributed by atoms with Crippen molar-refractivity contribution in [3.8, 4) is 0 Å². The van der Waals surface area contributed by atoms with E-state index in [1.807, 2.05) is 12.1 Å². The van der Waals surface area contributed by atoms with E-state index in [1.54, 1.807) is 61.5 Å². The third kappa shape index (κ3) is 9.29. The molecule has 1 aliphatic rings. The average molecular weight is 777 g/mol. The van der Waals surface area contributed by atoms with Crippen LogP contribution >= 0.6 is 15.9 Å². The van der Waals surface area contributed by atoms with Crippen molar-refractivity contribution in [3.05, 3.63) is 123 Å². The number of carbonyl (C=O) groups is 4. The summed E-state index contributed by atoms with van der Waals surface area (Å²) in [5, 5.41) is 24.0. The number of carboxylic acid groups (broad SMARTS) is 2. The molecule has 0 unspecified atom stereocenters. The lowest BCUT2D eigenvalue weighted by atomic mass is 9.86. The lowest BCUT2D eigenvalue weighted by molar-refractivity contribution is -0.143. The molecule has 0 atom stereocenters. The predicted molar refractivity (Wildman–Crippen MR) is 197 cm³/mol. The summed E-state index contributed by atoms with van der Waals surface area (Å²) in [5.41, 5.74) is 3.32. The van der Waals surface area contributed by atoms with Crippen LogP contribution in [0.1, 0.15) is 74.8 Å². The number of aryl methyl sites for hydroxylation is 2. The zero-order valence-corrected chi connectivity index (χ0v) is 30.2. The van der Waals surface area contributed by atoms with Crippen LogP contribution in [0.4, 0.5) is 11.4 Å². The highest BCUT2D eigenvalue weighted by Gasteiger charge is 2.35. The Labute approximate surface area is 304 Å². The number of hydrogen-bond donors (Lipinski definition) is 4. The van der Waals surface area contributed by atoms with Crippen molar-refractivity contribution in [1.82, 2.24) is 4.31 Å². The van der Waals surface area contributed by atoms with Crippen LogP contribution in [0.25, 0.3) is 0 Å². The summed E-state index contributed by atoms with van der Waals surface area (Å²) in [6, 6.07) is 24.3. The lowest BCUT2D eigenvalue weighted by Crippen LogP contribution is -2.42. The molecule has 1 aliphatic carbocycles. The fourth-order valence-electron chi connectivity index (χ4n) is 6.24. The number of halogens is 1. The molecule has 4 aromatic rings. The number of carboxylic acids is 2. The Balaban J connectivity index is 1.25. The van der Waals surface area contributed by atoms with Gasteiger partial charge in [-0.25, -0.2) is 13.2 Å². The van der Waals surface area contributed by atoms with Gasteiger partial charge in [-0.1, -0.05) is 53.2 Å². The number of nitrogens with one attached hydrogen (secondary N) is 2. The van der Waals surface area contributed by atoms with E-state index in [0.717, 1.165) is 24.0 Å². The molecule has 0 heterocycles. The van der Waals surface area contributed by atoms with Gasteiger partial charge in [0, 0.05) is 28.3 Å². The summed E-state index contributed by atoms with van der Waals surface area (Å²) in [5.74, 6) is -3.38. The molecule has 2 amide bonds. The van der Waals surface area contributed by atoms with Gasteiger partial charge in [-0.15, -0.1) is 0 Å². The van der Waals surface area contributed by atoms with Gasteiger partial charge in [0.25, 0.3) is 11.8 Å². The summed E-state index contributed by atoms with van der Waals surface area (Å²) < 4.78 is 29.5. The van der Waals surface area contributed by atoms with Gasteiger partial charge in [0.1, 0.15) is 0 Å². The van der Waals surface area contributed by atoms with Gasteiger partial charge >= 0.3 is 11.9 Å². The van der Waals surface area contributed by atoms with Crippen molar-refractivity contribution in [2.75, 3.05) is 17.2 Å². The van der Waals surface area contributed by atoms with Crippen LogP contribution in [-0.4, -0.2) is 59.3 Å². The van der Waals surface area contributed by atoms with Gasteiger partial charge in [0.05, 0.1) is 27.6 Å². The smallest absolute Gasteiger partial charge is 0.335 e. The average Bonchev–Trinajstić information content (AvgIpc) is 3.12. The van der Waals surface area contributed by atoms with Gasteiger partial charge in [0.15, 0.2) is 0 Å². The maximum absolute atomic E-state index is 13.7. The van der Waals surface area contributed by atoms with E-state index in [9.17, 15) is 32.7 Å². The van der Waals surface area contributed by atoms with Crippen molar-refractivity contribution >= 4 is 61.1 Å². The number of carbonyl (C=O) groups excluding carboxylic acids is 2. The SMILES string of the molecule is CCN([C@H]1CC[C@H](C(=O)O)CC1)S(=O)(=O)c1cccc(C(=O)Nc2cc(Br)ccc2C(=O)Nc2ccc(CCc3ccc(C(=O)O)cc3)cc2)c1. The topological polar surface area (TPSA) is 170 Å². The van der Waals surface area contributed by atoms with Crippen LogP contribution in [0.5, 0.6) is 0 Å². The summed E-state index contributed by atoms with van der Waals surface area (Å²) in [7, 11) is -3.99. The number of sulfonamides is 1. The molecule has 0 radical (unpaired) electrons. The molecule has 4 N–H and O–H groups in total. The molecule has 0 spiro atoms. The first-order valence-corrected chi connectivity index (χ1v) is 18.8. The number of anilines is 2. The number of benzene rings is 4. The van der Waals surface area contributed by atoms with Crippen molar-refractivity contribution < 1.29 is 37.8 Å². The van der Waals surface area contributed by atoms with Gasteiger partial charge in [-0.2, -0.15) is 4.31 Å². The number of rotatable bonds is 13. The van der Waals surface area contributed by atoms with Crippen molar-refractivity contribution in [2.45, 2.75) is 56.4 Å². The predicted octanol–water partition coefficient (Wildman–Crippen LogP) is 7.09. The quantitative estimate of drug-likeness (QED) is 0.112. The molecule has 11 nitrogen and oxygen atoms in total. The Morgan fingerprint density at radius 3 is 1.98 bits per heavy atom. The van der Waals surface area contributed by atoms with E-state index in [1.165, 1.54) is 28.6 Å². The lowest BCUT2D eigenvalue weighted by Gasteiger charge is -2.34. The first-order chi connectivity index (χ1) is 24.3. The first kappa shape index (κ1) is 37.4. The molecular formula is C38H38BrN3O8S. The van der Waals surface area contributed by atoms with Crippen LogP contribution in [0.2, 0.25) is 0 Å². The van der Waals surface area contributed by atoms with Crippen molar-refractivity contribution in [2.24, 2.45) is 5.92 Å². The van der Waals surface area contributed by atoms with E-state index in [4.69, 9.17) is 5.11 Å². The fraction of sp³-hybridized carbons (Fsp3) is 0.263. The number of hydrogen-bond acceptors (Lipinski definition) is 6. The molecule has 0 saturated heterocycles. The molecule has 1 saturated carbocycles. The minimum atomic E-state index is -3.99. The Morgan fingerprint density at radius 2 is 1.39 bits per heavy atom. The van der Waals surface area contributed by atoms with E-state index in [-0.39, 0.29) is 39.9 Å². The van der Waals surface area contributed by atoms with Gasteiger partial charge in [-0.05, 0) is 110 Å². The molecule has 5 rings (SSSR count). The Bertz CT molecular complexity index is 2030. The molecule has 0 aliphatic heterocycles. The van der Waals surface area contributed by atoms with E-state index >= 15 is 0 Å². The van der Waals surface area contributed by atoms with Crippen LogP contribution in [0.3, 0.4) is 0 Å². The van der Waals surface area contributed by atoms with Crippen LogP contribution in [0, 0.1) is 5.92 Å². The van der Waals surface area contributed by atoms with Gasteiger partial charge < -0.3 is 20.8 Å². The highest BCUT2D eigenvalue weighted by atomic mass is 79.9. The minimum Gasteiger partial charge on any atom is -0.481 e. The Kier molecular flexibility index (Phi) is 12.1. The molecule has 1 fully saturated rings. The number of amides is 2. The van der Waals surface area contributed by atoms with Crippen LogP contribution in [-0.2, 0) is 27.7 Å². The standard InChI is InChI=1S/C38H38BrN3O8S/c1-2-42(31-19-14-27(15-20-31)38(47)48)51(49,50)32-5-3-4-28(22-32)35(43)41-34-23-29(39)16-21-33(34)36(44)40-30-17-10-25(11-18-30)7-6-24-8-12-26(13-9-24)37(45)46/h3-5,8-13,16-18,21-23,27,31H,2,6-7,14-15,19-20H2,1H3,(H,40,44)(H,41,43)(H,45,46)(H,47,48)/t27-,31-. The summed E-state index contributed by atoms with van der Waals surface area (Å²) in [6.45, 7) is 1.93. The second-order valence-electron chi connectivity index (χ2n) is 12.4.